The third kappa shape index (κ3) is 1.97. The molecule has 0 aliphatic carbocycles. The summed E-state index contributed by atoms with van der Waals surface area (Å²) in [5, 5.41) is 1.84. The van der Waals surface area contributed by atoms with E-state index in [1.807, 2.05) is 11.1 Å². The van der Waals surface area contributed by atoms with Gasteiger partial charge in [-0.2, -0.15) is 0 Å². The van der Waals surface area contributed by atoms with E-state index in [-0.39, 0.29) is 0 Å². The molecule has 1 aliphatic rings. The Morgan fingerprint density at radius 1 is 1.15 bits per heavy atom. The Balaban J connectivity index is 2.19. The van der Waals surface area contributed by atoms with Crippen molar-refractivity contribution in [2.75, 3.05) is 13.1 Å². The van der Waals surface area contributed by atoms with E-state index in [1.165, 1.54) is 11.1 Å². The third-order valence-electron chi connectivity index (χ3n) is 2.39. The summed E-state index contributed by atoms with van der Waals surface area (Å²) in [6.07, 6.45) is 3.26. The molecule has 0 saturated heterocycles. The Bertz CT molecular complexity index is 303. The normalized spacial score (nSPS) is 18.4. The molecule has 1 heterocycles. The molecule has 0 aromatic heterocycles. The lowest BCUT2D eigenvalue weighted by Gasteiger charge is -2.21. The fraction of sp³-hybridized carbons (Fsp3) is 0.273. The zero-order chi connectivity index (χ0) is 9.10. The van der Waals surface area contributed by atoms with Crippen LogP contribution in [-0.4, -0.2) is 18.1 Å². The minimum Gasteiger partial charge on any atom is -0.268 e. The van der Waals surface area contributed by atoms with Gasteiger partial charge < -0.3 is 0 Å². The summed E-state index contributed by atoms with van der Waals surface area (Å²) < 4.78 is 0. The van der Waals surface area contributed by atoms with E-state index in [0.29, 0.717) is 0 Å². The number of hydrogen-bond acceptors (Lipinski definition) is 2. The molecule has 2 N–H and O–H groups in total. The fourth-order valence-corrected chi connectivity index (χ4v) is 1.60. The first-order valence-corrected chi connectivity index (χ1v) is 4.60. The maximum Gasteiger partial charge on any atom is 0.0315 e. The standard InChI is InChI=1S/C11H14N2/c12-13-8-6-11(7-9-13)10-4-2-1-3-5-10/h1-6H,7-9,12H2. The Morgan fingerprint density at radius 3 is 2.54 bits per heavy atom. The Kier molecular flexibility index (Phi) is 2.43. The van der Waals surface area contributed by atoms with Crippen LogP contribution >= 0.6 is 0 Å². The summed E-state index contributed by atoms with van der Waals surface area (Å²) in [4.78, 5) is 0. The summed E-state index contributed by atoms with van der Waals surface area (Å²) in [7, 11) is 0. The zero-order valence-electron chi connectivity index (χ0n) is 7.61. The first kappa shape index (κ1) is 8.48. The molecule has 0 fully saturated rings. The minimum atomic E-state index is 0.865. The molecule has 0 bridgehead atoms. The van der Waals surface area contributed by atoms with Gasteiger partial charge >= 0.3 is 0 Å². The van der Waals surface area contributed by atoms with Crippen molar-refractivity contribution < 1.29 is 0 Å². The van der Waals surface area contributed by atoms with Crippen LogP contribution in [0, 0.1) is 0 Å². The second-order valence-corrected chi connectivity index (χ2v) is 3.34. The largest absolute Gasteiger partial charge is 0.268 e. The lowest BCUT2D eigenvalue weighted by atomic mass is 10.0. The second-order valence-electron chi connectivity index (χ2n) is 3.34. The average molecular weight is 174 g/mol. The highest BCUT2D eigenvalue weighted by atomic mass is 15.4. The minimum absolute atomic E-state index is 0.865. The number of benzene rings is 1. The van der Waals surface area contributed by atoms with Gasteiger partial charge in [0.2, 0.25) is 0 Å². The van der Waals surface area contributed by atoms with Gasteiger partial charge in [-0.15, -0.1) is 0 Å². The molecular formula is C11H14N2. The zero-order valence-corrected chi connectivity index (χ0v) is 7.61. The average Bonchev–Trinajstić information content (AvgIpc) is 2.20. The molecule has 0 amide bonds. The van der Waals surface area contributed by atoms with Crippen LogP contribution in [0.25, 0.3) is 5.57 Å². The van der Waals surface area contributed by atoms with Crippen molar-refractivity contribution in [2.45, 2.75) is 6.42 Å². The van der Waals surface area contributed by atoms with Crippen molar-refractivity contribution in [2.24, 2.45) is 5.84 Å². The molecule has 1 aromatic carbocycles. The first-order chi connectivity index (χ1) is 6.36. The van der Waals surface area contributed by atoms with Crippen LogP contribution in [0.3, 0.4) is 0 Å². The summed E-state index contributed by atoms with van der Waals surface area (Å²) in [5.74, 6) is 5.66. The lowest BCUT2D eigenvalue weighted by Crippen LogP contribution is -2.34. The van der Waals surface area contributed by atoms with E-state index in [1.54, 1.807) is 0 Å². The van der Waals surface area contributed by atoms with E-state index in [4.69, 9.17) is 5.84 Å². The van der Waals surface area contributed by atoms with Gasteiger partial charge in [0, 0.05) is 13.1 Å². The van der Waals surface area contributed by atoms with E-state index in [9.17, 15) is 0 Å². The second kappa shape index (κ2) is 3.73. The van der Waals surface area contributed by atoms with Crippen molar-refractivity contribution in [3.05, 3.63) is 42.0 Å². The van der Waals surface area contributed by atoms with Crippen molar-refractivity contribution in [1.29, 1.82) is 0 Å². The van der Waals surface area contributed by atoms with Gasteiger partial charge in [0.25, 0.3) is 0 Å². The monoisotopic (exact) mass is 174 g/mol. The SMILES string of the molecule is NN1CC=C(c2ccccc2)CC1. The number of hydrazine groups is 1. The molecule has 2 rings (SSSR count). The van der Waals surface area contributed by atoms with Crippen LogP contribution in [0.2, 0.25) is 0 Å². The molecule has 68 valence electrons. The Hall–Kier alpha value is -1.12. The van der Waals surface area contributed by atoms with Gasteiger partial charge in [-0.25, -0.2) is 5.01 Å². The molecule has 0 unspecified atom stereocenters. The molecule has 1 aromatic rings. The molecule has 1 aliphatic heterocycles. The smallest absolute Gasteiger partial charge is 0.0315 e. The van der Waals surface area contributed by atoms with Crippen LogP contribution in [-0.2, 0) is 0 Å². The van der Waals surface area contributed by atoms with Gasteiger partial charge in [0.1, 0.15) is 0 Å². The summed E-state index contributed by atoms with van der Waals surface area (Å²) in [5.41, 5.74) is 2.75. The van der Waals surface area contributed by atoms with Crippen LogP contribution in [0.15, 0.2) is 36.4 Å². The van der Waals surface area contributed by atoms with Crippen LogP contribution < -0.4 is 5.84 Å². The first-order valence-electron chi connectivity index (χ1n) is 4.60. The number of hydrogen-bond donors (Lipinski definition) is 1. The van der Waals surface area contributed by atoms with Gasteiger partial charge in [0.05, 0.1) is 0 Å². The predicted octanol–water partition coefficient (Wildman–Crippen LogP) is 1.65. The number of rotatable bonds is 1. The molecule has 0 saturated carbocycles. The quantitative estimate of drug-likeness (QED) is 0.656. The van der Waals surface area contributed by atoms with Crippen LogP contribution in [0.5, 0.6) is 0 Å². The van der Waals surface area contributed by atoms with Gasteiger partial charge in [-0.3, -0.25) is 5.84 Å². The fourth-order valence-electron chi connectivity index (χ4n) is 1.60. The topological polar surface area (TPSA) is 29.3 Å². The van der Waals surface area contributed by atoms with Crippen LogP contribution in [0.1, 0.15) is 12.0 Å². The molecule has 13 heavy (non-hydrogen) atoms. The summed E-state index contributed by atoms with van der Waals surface area (Å²) in [6, 6.07) is 10.5. The molecular weight excluding hydrogens is 160 g/mol. The van der Waals surface area contributed by atoms with E-state index in [2.05, 4.69) is 30.3 Å². The van der Waals surface area contributed by atoms with E-state index < -0.39 is 0 Å². The highest BCUT2D eigenvalue weighted by Crippen LogP contribution is 2.20. The third-order valence-corrected chi connectivity index (χ3v) is 2.39. The lowest BCUT2D eigenvalue weighted by molar-refractivity contribution is 0.314. The van der Waals surface area contributed by atoms with E-state index >= 15 is 0 Å². The molecule has 2 nitrogen and oxygen atoms in total. The van der Waals surface area contributed by atoms with Crippen LogP contribution in [0.4, 0.5) is 0 Å². The van der Waals surface area contributed by atoms with Gasteiger partial charge in [-0.1, -0.05) is 36.4 Å². The summed E-state index contributed by atoms with van der Waals surface area (Å²) >= 11 is 0. The summed E-state index contributed by atoms with van der Waals surface area (Å²) in [6.45, 7) is 1.82. The Labute approximate surface area is 78.6 Å². The Morgan fingerprint density at radius 2 is 1.92 bits per heavy atom. The molecule has 0 radical (unpaired) electrons. The molecule has 2 heteroatoms. The van der Waals surface area contributed by atoms with Crippen molar-refractivity contribution in [3.63, 3.8) is 0 Å². The number of nitrogens with zero attached hydrogens (tertiary/aromatic N) is 1. The maximum atomic E-state index is 5.66. The number of nitrogens with two attached hydrogens (primary N) is 1. The van der Waals surface area contributed by atoms with Crippen molar-refractivity contribution in [1.82, 2.24) is 5.01 Å². The predicted molar refractivity (Wildman–Crippen MR) is 54.8 cm³/mol. The highest BCUT2D eigenvalue weighted by Gasteiger charge is 2.08. The molecule has 0 spiro atoms. The van der Waals surface area contributed by atoms with Crippen molar-refractivity contribution >= 4 is 5.57 Å². The highest BCUT2D eigenvalue weighted by molar-refractivity contribution is 5.66. The van der Waals surface area contributed by atoms with E-state index in [0.717, 1.165) is 19.5 Å². The van der Waals surface area contributed by atoms with Gasteiger partial charge in [-0.05, 0) is 17.6 Å². The van der Waals surface area contributed by atoms with Gasteiger partial charge in [0.15, 0.2) is 0 Å². The maximum absolute atomic E-state index is 5.66. The van der Waals surface area contributed by atoms with Crippen molar-refractivity contribution in [3.8, 4) is 0 Å². The molecule has 0 atom stereocenters.